The van der Waals surface area contributed by atoms with Gasteiger partial charge in [0.1, 0.15) is 11.8 Å². The Balaban J connectivity index is 2.73. The molecule has 98 valence electrons. The zero-order chi connectivity index (χ0) is 13.7. The number of carbonyl (C=O) groups excluding carboxylic acids is 1. The van der Waals surface area contributed by atoms with Crippen LogP contribution < -0.4 is 11.1 Å². The van der Waals surface area contributed by atoms with Crippen molar-refractivity contribution in [2.24, 2.45) is 5.73 Å². The topological polar surface area (TPSA) is 113 Å². The summed E-state index contributed by atoms with van der Waals surface area (Å²) in [5.41, 5.74) is 5.55. The Bertz CT molecular complexity index is 464. The van der Waals surface area contributed by atoms with Crippen LogP contribution in [0.4, 0.5) is 5.69 Å². The summed E-state index contributed by atoms with van der Waals surface area (Å²) in [5, 5.41) is 21.1. The van der Waals surface area contributed by atoms with Crippen LogP contribution in [0.15, 0.2) is 18.2 Å². The molecule has 6 nitrogen and oxygen atoms in total. The van der Waals surface area contributed by atoms with E-state index in [1.165, 1.54) is 6.07 Å². The van der Waals surface area contributed by atoms with Gasteiger partial charge in [-0.25, -0.2) is 4.79 Å². The summed E-state index contributed by atoms with van der Waals surface area (Å²) in [6.45, 7) is 0. The van der Waals surface area contributed by atoms with E-state index in [1.54, 1.807) is 12.1 Å². The Morgan fingerprint density at radius 1 is 1.44 bits per heavy atom. The summed E-state index contributed by atoms with van der Waals surface area (Å²) in [6.07, 6.45) is 0.112. The smallest absolute Gasteiger partial charge is 0.326 e. The molecule has 0 aliphatic rings. The molecular formula is C11H13IN2O4. The molecule has 0 unspecified atom stereocenters. The van der Waals surface area contributed by atoms with Crippen molar-refractivity contribution in [1.82, 2.24) is 0 Å². The molecule has 0 saturated heterocycles. The number of halogens is 1. The second kappa shape index (κ2) is 6.43. The van der Waals surface area contributed by atoms with E-state index in [4.69, 9.17) is 10.8 Å². The number of benzene rings is 1. The van der Waals surface area contributed by atoms with Crippen molar-refractivity contribution in [2.45, 2.75) is 18.9 Å². The summed E-state index contributed by atoms with van der Waals surface area (Å²) in [4.78, 5) is 21.6. The van der Waals surface area contributed by atoms with E-state index in [2.05, 4.69) is 5.32 Å². The molecule has 1 aromatic carbocycles. The molecule has 1 amide bonds. The molecule has 0 bridgehead atoms. The van der Waals surface area contributed by atoms with Gasteiger partial charge < -0.3 is 21.3 Å². The molecular weight excluding hydrogens is 351 g/mol. The largest absolute Gasteiger partial charge is 0.507 e. The summed E-state index contributed by atoms with van der Waals surface area (Å²) in [5.74, 6) is -1.46. The average Bonchev–Trinajstić information content (AvgIpc) is 2.28. The summed E-state index contributed by atoms with van der Waals surface area (Å²) >= 11 is 1.93. The number of carboxylic acids is 1. The number of amides is 1. The van der Waals surface area contributed by atoms with E-state index in [0.717, 1.165) is 0 Å². The van der Waals surface area contributed by atoms with Crippen molar-refractivity contribution in [3.63, 3.8) is 0 Å². The monoisotopic (exact) mass is 364 g/mol. The third kappa shape index (κ3) is 4.40. The van der Waals surface area contributed by atoms with Crippen molar-refractivity contribution in [3.05, 3.63) is 21.8 Å². The number of aliphatic carboxylic acids is 1. The number of phenolic OH excluding ortho intramolecular Hbond substituents is 1. The van der Waals surface area contributed by atoms with Crippen LogP contribution in [0.25, 0.3) is 0 Å². The van der Waals surface area contributed by atoms with Gasteiger partial charge in [0.05, 0.1) is 3.57 Å². The van der Waals surface area contributed by atoms with Crippen LogP contribution in [0.5, 0.6) is 5.75 Å². The van der Waals surface area contributed by atoms with Gasteiger partial charge in [-0.15, -0.1) is 0 Å². The Kier molecular flexibility index (Phi) is 5.20. The third-order valence-corrected chi connectivity index (χ3v) is 3.13. The lowest BCUT2D eigenvalue weighted by atomic mass is 10.1. The van der Waals surface area contributed by atoms with E-state index in [0.29, 0.717) is 9.26 Å². The first-order valence-corrected chi connectivity index (χ1v) is 6.24. The minimum atomic E-state index is -1.06. The average molecular weight is 364 g/mol. The second-order valence-corrected chi connectivity index (χ2v) is 4.87. The highest BCUT2D eigenvalue weighted by atomic mass is 127. The SMILES string of the molecule is NC(=O)CC[C@H](Nc1ccc(O)c(I)c1)C(=O)O. The molecule has 7 heteroatoms. The van der Waals surface area contributed by atoms with Crippen molar-refractivity contribution in [2.75, 3.05) is 5.32 Å². The van der Waals surface area contributed by atoms with Gasteiger partial charge in [-0.05, 0) is 47.2 Å². The third-order valence-electron chi connectivity index (χ3n) is 2.27. The van der Waals surface area contributed by atoms with E-state index >= 15 is 0 Å². The van der Waals surface area contributed by atoms with Crippen LogP contribution in [0.3, 0.4) is 0 Å². The first-order valence-electron chi connectivity index (χ1n) is 5.16. The number of aromatic hydroxyl groups is 1. The van der Waals surface area contributed by atoms with Crippen LogP contribution in [-0.4, -0.2) is 28.1 Å². The Morgan fingerprint density at radius 3 is 2.61 bits per heavy atom. The van der Waals surface area contributed by atoms with Crippen molar-refractivity contribution >= 4 is 40.2 Å². The Labute approximate surface area is 117 Å². The molecule has 0 fully saturated rings. The van der Waals surface area contributed by atoms with Gasteiger partial charge in [0, 0.05) is 12.1 Å². The number of carboxylic acid groups (broad SMARTS) is 1. The number of nitrogens with one attached hydrogen (secondary N) is 1. The standard InChI is InChI=1S/C11H13IN2O4/c12-7-5-6(1-3-9(7)15)14-8(11(17)18)2-4-10(13)16/h1,3,5,8,14-15H,2,4H2,(H2,13,16)(H,17,18)/t8-/m0/s1. The van der Waals surface area contributed by atoms with Crippen LogP contribution in [0.2, 0.25) is 0 Å². The van der Waals surface area contributed by atoms with Crippen LogP contribution in [-0.2, 0) is 9.59 Å². The van der Waals surface area contributed by atoms with Gasteiger partial charge in [0.15, 0.2) is 0 Å². The second-order valence-electron chi connectivity index (χ2n) is 3.71. The highest BCUT2D eigenvalue weighted by Gasteiger charge is 2.18. The minimum Gasteiger partial charge on any atom is -0.507 e. The predicted octanol–water partition coefficient (Wildman–Crippen LogP) is 1.13. The Morgan fingerprint density at radius 2 is 2.11 bits per heavy atom. The number of rotatable bonds is 6. The van der Waals surface area contributed by atoms with Gasteiger partial charge in [0.2, 0.25) is 5.91 Å². The van der Waals surface area contributed by atoms with Gasteiger partial charge in [0.25, 0.3) is 0 Å². The minimum absolute atomic E-state index is 0.000851. The lowest BCUT2D eigenvalue weighted by Crippen LogP contribution is -2.30. The molecule has 0 saturated carbocycles. The van der Waals surface area contributed by atoms with Crippen molar-refractivity contribution < 1.29 is 19.8 Å². The molecule has 0 aliphatic heterocycles. The first kappa shape index (κ1) is 14.6. The van der Waals surface area contributed by atoms with E-state index < -0.39 is 17.9 Å². The molecule has 0 heterocycles. The molecule has 0 aliphatic carbocycles. The van der Waals surface area contributed by atoms with Gasteiger partial charge in [-0.3, -0.25) is 4.79 Å². The van der Waals surface area contributed by atoms with E-state index in [1.807, 2.05) is 22.6 Å². The maximum Gasteiger partial charge on any atom is 0.326 e. The molecule has 0 radical (unpaired) electrons. The van der Waals surface area contributed by atoms with Crippen LogP contribution in [0, 0.1) is 3.57 Å². The predicted molar refractivity (Wildman–Crippen MR) is 74.3 cm³/mol. The highest BCUT2D eigenvalue weighted by Crippen LogP contribution is 2.23. The van der Waals surface area contributed by atoms with E-state index in [9.17, 15) is 14.7 Å². The fraction of sp³-hybridized carbons (Fsp3) is 0.273. The molecule has 18 heavy (non-hydrogen) atoms. The fourth-order valence-electron chi connectivity index (χ4n) is 1.34. The molecule has 1 rings (SSSR count). The number of carbonyl (C=O) groups is 2. The maximum atomic E-state index is 11.0. The molecule has 1 aromatic rings. The number of phenols is 1. The van der Waals surface area contributed by atoms with Gasteiger partial charge in [-0.2, -0.15) is 0 Å². The van der Waals surface area contributed by atoms with Gasteiger partial charge in [-0.1, -0.05) is 0 Å². The molecule has 0 spiro atoms. The summed E-state index contributed by atoms with van der Waals surface area (Å²) in [6, 6.07) is 3.77. The lowest BCUT2D eigenvalue weighted by molar-refractivity contribution is -0.138. The first-order chi connectivity index (χ1) is 8.40. The number of primary amides is 1. The molecule has 5 N–H and O–H groups in total. The fourth-order valence-corrected chi connectivity index (χ4v) is 1.86. The van der Waals surface area contributed by atoms with Crippen LogP contribution >= 0.6 is 22.6 Å². The summed E-state index contributed by atoms with van der Waals surface area (Å²) < 4.78 is 0.608. The van der Waals surface area contributed by atoms with Gasteiger partial charge >= 0.3 is 5.97 Å². The normalized spacial score (nSPS) is 11.8. The van der Waals surface area contributed by atoms with Crippen LogP contribution in [0.1, 0.15) is 12.8 Å². The number of hydrogen-bond acceptors (Lipinski definition) is 4. The van der Waals surface area contributed by atoms with Crippen molar-refractivity contribution in [3.8, 4) is 5.75 Å². The zero-order valence-electron chi connectivity index (χ0n) is 9.39. The maximum absolute atomic E-state index is 11.0. The highest BCUT2D eigenvalue weighted by molar-refractivity contribution is 14.1. The number of nitrogens with two attached hydrogens (primary N) is 1. The number of hydrogen-bond donors (Lipinski definition) is 4. The lowest BCUT2D eigenvalue weighted by Gasteiger charge is -2.15. The zero-order valence-corrected chi connectivity index (χ0v) is 11.5. The van der Waals surface area contributed by atoms with Crippen molar-refractivity contribution in [1.29, 1.82) is 0 Å². The quantitative estimate of drug-likeness (QED) is 0.447. The Hall–Kier alpha value is -1.51. The van der Waals surface area contributed by atoms with E-state index in [-0.39, 0.29) is 18.6 Å². The number of anilines is 1. The summed E-state index contributed by atoms with van der Waals surface area (Å²) in [7, 11) is 0. The molecule has 1 atom stereocenters. The molecule has 0 aromatic heterocycles.